The van der Waals surface area contributed by atoms with Crippen molar-refractivity contribution >= 4 is 49.7 Å². The maximum absolute atomic E-state index is 11.8. The summed E-state index contributed by atoms with van der Waals surface area (Å²) in [6.07, 6.45) is 0.832. The summed E-state index contributed by atoms with van der Waals surface area (Å²) in [4.78, 5) is 12.5. The number of nitrogens with two attached hydrogens (primary N) is 1. The molecular formula is C15H16N4OS2. The lowest BCUT2D eigenvalue weighted by Crippen LogP contribution is -2.25. The Labute approximate surface area is 136 Å². The molecule has 0 saturated carbocycles. The summed E-state index contributed by atoms with van der Waals surface area (Å²) in [5.41, 5.74) is 5.61. The number of rotatable bonds is 6. The van der Waals surface area contributed by atoms with Crippen LogP contribution in [0.3, 0.4) is 0 Å². The molecule has 0 spiro atoms. The predicted octanol–water partition coefficient (Wildman–Crippen LogP) is 3.17. The summed E-state index contributed by atoms with van der Waals surface area (Å²) >= 11 is 2.79. The van der Waals surface area contributed by atoms with E-state index < -0.39 is 0 Å². The Hall–Kier alpha value is -2.12. The van der Waals surface area contributed by atoms with Gasteiger partial charge in [-0.25, -0.2) is 0 Å². The number of benzene rings is 1. The summed E-state index contributed by atoms with van der Waals surface area (Å²) < 4.78 is 5.58. The standard InChI is InChI=1S/C15H16N4OS2/c16-13-7-6-12(21-13)15(20)18-9-3-8-17-14-10-4-1-2-5-11(10)22-19-14/h1-2,4-7H,3,8-9,16H2,(H,17,19)(H,18,20). The van der Waals surface area contributed by atoms with E-state index in [1.807, 2.05) is 12.1 Å². The van der Waals surface area contributed by atoms with Gasteiger partial charge >= 0.3 is 0 Å². The van der Waals surface area contributed by atoms with E-state index in [-0.39, 0.29) is 5.91 Å². The number of nitrogen functional groups attached to an aromatic ring is 1. The minimum atomic E-state index is -0.0687. The Kier molecular flexibility index (Phi) is 4.55. The monoisotopic (exact) mass is 332 g/mol. The molecule has 0 aliphatic carbocycles. The molecule has 0 atom stereocenters. The van der Waals surface area contributed by atoms with Crippen molar-refractivity contribution in [1.29, 1.82) is 0 Å². The lowest BCUT2D eigenvalue weighted by molar-refractivity contribution is 0.0957. The average Bonchev–Trinajstić information content (AvgIpc) is 3.13. The number of nitrogens with zero attached hydrogens (tertiary/aromatic N) is 1. The summed E-state index contributed by atoms with van der Waals surface area (Å²) in [5.74, 6) is 0.846. The van der Waals surface area contributed by atoms with Crippen LogP contribution >= 0.6 is 22.9 Å². The second-order valence-corrected chi connectivity index (χ2v) is 6.69. The van der Waals surface area contributed by atoms with Crippen LogP contribution in [0.15, 0.2) is 36.4 Å². The van der Waals surface area contributed by atoms with E-state index in [0.29, 0.717) is 16.4 Å². The number of carbonyl (C=O) groups excluding carboxylic acids is 1. The van der Waals surface area contributed by atoms with Gasteiger partial charge in [0, 0.05) is 18.5 Å². The predicted molar refractivity (Wildman–Crippen MR) is 93.8 cm³/mol. The highest BCUT2D eigenvalue weighted by molar-refractivity contribution is 7.17. The molecular weight excluding hydrogens is 316 g/mol. The van der Waals surface area contributed by atoms with Crippen LogP contribution in [-0.2, 0) is 0 Å². The molecule has 0 aliphatic heterocycles. The van der Waals surface area contributed by atoms with E-state index in [2.05, 4.69) is 27.1 Å². The summed E-state index contributed by atoms with van der Waals surface area (Å²) in [6, 6.07) is 11.6. The quantitative estimate of drug-likeness (QED) is 0.606. The van der Waals surface area contributed by atoms with Crippen LogP contribution < -0.4 is 16.4 Å². The maximum atomic E-state index is 11.8. The number of fused-ring (bicyclic) bond motifs is 1. The van der Waals surface area contributed by atoms with E-state index in [9.17, 15) is 4.79 Å². The molecule has 4 N–H and O–H groups in total. The number of amides is 1. The molecule has 0 unspecified atom stereocenters. The number of anilines is 2. The van der Waals surface area contributed by atoms with Crippen LogP contribution in [0.2, 0.25) is 0 Å². The third kappa shape index (κ3) is 3.37. The number of carbonyl (C=O) groups is 1. The lowest BCUT2D eigenvalue weighted by atomic mass is 10.2. The first kappa shape index (κ1) is 14.8. The highest BCUT2D eigenvalue weighted by Crippen LogP contribution is 2.25. The average molecular weight is 332 g/mol. The zero-order valence-corrected chi connectivity index (χ0v) is 13.5. The van der Waals surface area contributed by atoms with Gasteiger partial charge in [0.2, 0.25) is 0 Å². The van der Waals surface area contributed by atoms with E-state index in [4.69, 9.17) is 5.73 Å². The summed E-state index contributed by atoms with van der Waals surface area (Å²) in [6.45, 7) is 1.38. The molecule has 2 aromatic heterocycles. The van der Waals surface area contributed by atoms with Gasteiger partial charge in [-0.05, 0) is 42.2 Å². The normalized spacial score (nSPS) is 10.7. The molecule has 0 aliphatic rings. The fraction of sp³-hybridized carbons (Fsp3) is 0.200. The Morgan fingerprint density at radius 3 is 2.86 bits per heavy atom. The van der Waals surface area contributed by atoms with Crippen LogP contribution in [-0.4, -0.2) is 23.4 Å². The van der Waals surface area contributed by atoms with Gasteiger partial charge in [0.15, 0.2) is 0 Å². The van der Waals surface area contributed by atoms with Crippen LogP contribution in [0.4, 0.5) is 10.8 Å². The first-order valence-corrected chi connectivity index (χ1v) is 8.55. The molecule has 22 heavy (non-hydrogen) atoms. The smallest absolute Gasteiger partial charge is 0.261 e. The topological polar surface area (TPSA) is 80.0 Å². The number of aromatic nitrogens is 1. The largest absolute Gasteiger partial charge is 0.391 e. The molecule has 1 amide bonds. The van der Waals surface area contributed by atoms with Gasteiger partial charge in [0.1, 0.15) is 5.82 Å². The lowest BCUT2D eigenvalue weighted by Gasteiger charge is -2.05. The molecule has 114 valence electrons. The van der Waals surface area contributed by atoms with Gasteiger partial charge in [0.05, 0.1) is 14.6 Å². The molecule has 1 aromatic carbocycles. The molecule has 2 heterocycles. The third-order valence-corrected chi connectivity index (χ3v) is 4.90. The van der Waals surface area contributed by atoms with Crippen molar-refractivity contribution in [1.82, 2.24) is 9.69 Å². The molecule has 7 heteroatoms. The number of hydrogen-bond acceptors (Lipinski definition) is 6. The minimum absolute atomic E-state index is 0.0687. The van der Waals surface area contributed by atoms with Crippen LogP contribution in [0.5, 0.6) is 0 Å². The summed E-state index contributed by atoms with van der Waals surface area (Å²) in [7, 11) is 0. The van der Waals surface area contributed by atoms with Crippen molar-refractivity contribution in [3.05, 3.63) is 41.3 Å². The molecule has 0 saturated heterocycles. The van der Waals surface area contributed by atoms with Crippen LogP contribution in [0.25, 0.3) is 10.1 Å². The molecule has 0 fully saturated rings. The zero-order chi connectivity index (χ0) is 15.4. The second-order valence-electron chi connectivity index (χ2n) is 4.77. The highest BCUT2D eigenvalue weighted by Gasteiger charge is 2.07. The van der Waals surface area contributed by atoms with Gasteiger partial charge in [-0.2, -0.15) is 4.37 Å². The van der Waals surface area contributed by atoms with E-state index in [0.717, 1.165) is 24.2 Å². The number of thiophene rings is 1. The third-order valence-electron chi connectivity index (χ3n) is 3.16. The van der Waals surface area contributed by atoms with E-state index in [1.54, 1.807) is 12.1 Å². The fourth-order valence-corrected chi connectivity index (χ4v) is 3.52. The van der Waals surface area contributed by atoms with Crippen molar-refractivity contribution in [2.24, 2.45) is 0 Å². The molecule has 0 radical (unpaired) electrons. The Morgan fingerprint density at radius 1 is 1.18 bits per heavy atom. The molecule has 3 aromatic rings. The van der Waals surface area contributed by atoms with E-state index >= 15 is 0 Å². The Morgan fingerprint density at radius 2 is 2.05 bits per heavy atom. The maximum Gasteiger partial charge on any atom is 0.261 e. The van der Waals surface area contributed by atoms with Gasteiger partial charge in [-0.1, -0.05) is 12.1 Å². The first-order chi connectivity index (χ1) is 10.7. The van der Waals surface area contributed by atoms with Gasteiger partial charge in [0.25, 0.3) is 5.91 Å². The summed E-state index contributed by atoms with van der Waals surface area (Å²) in [5, 5.41) is 8.00. The first-order valence-electron chi connectivity index (χ1n) is 6.96. The molecule has 0 bridgehead atoms. The molecule has 3 rings (SSSR count). The number of nitrogens with one attached hydrogen (secondary N) is 2. The van der Waals surface area contributed by atoms with Crippen molar-refractivity contribution in [2.75, 3.05) is 24.1 Å². The van der Waals surface area contributed by atoms with Crippen molar-refractivity contribution in [3.63, 3.8) is 0 Å². The molecule has 5 nitrogen and oxygen atoms in total. The van der Waals surface area contributed by atoms with Gasteiger partial charge in [-0.3, -0.25) is 4.79 Å². The van der Waals surface area contributed by atoms with Crippen molar-refractivity contribution in [3.8, 4) is 0 Å². The fourth-order valence-electron chi connectivity index (χ4n) is 2.07. The van der Waals surface area contributed by atoms with Crippen LogP contribution in [0, 0.1) is 0 Å². The van der Waals surface area contributed by atoms with Crippen LogP contribution in [0.1, 0.15) is 16.1 Å². The zero-order valence-electron chi connectivity index (χ0n) is 11.8. The van der Waals surface area contributed by atoms with E-state index in [1.165, 1.54) is 27.6 Å². The van der Waals surface area contributed by atoms with Crippen molar-refractivity contribution in [2.45, 2.75) is 6.42 Å². The van der Waals surface area contributed by atoms with Gasteiger partial charge < -0.3 is 16.4 Å². The Balaban J connectivity index is 1.43. The highest BCUT2D eigenvalue weighted by atomic mass is 32.1. The number of hydrogen-bond donors (Lipinski definition) is 3. The second kappa shape index (κ2) is 6.76. The van der Waals surface area contributed by atoms with Crippen molar-refractivity contribution < 1.29 is 4.79 Å². The van der Waals surface area contributed by atoms with Gasteiger partial charge in [-0.15, -0.1) is 11.3 Å². The minimum Gasteiger partial charge on any atom is -0.391 e. The SMILES string of the molecule is Nc1ccc(C(=O)NCCCNc2nsc3ccccc23)s1. The Bertz CT molecular complexity index is 781.